The number of rotatable bonds is 5. The van der Waals surface area contributed by atoms with E-state index in [-0.39, 0.29) is 23.1 Å². The fraction of sp³-hybridized carbons (Fsp3) is 0.0455. The van der Waals surface area contributed by atoms with E-state index < -0.39 is 0 Å². The number of amides is 1. The van der Waals surface area contributed by atoms with E-state index in [1.165, 1.54) is 4.57 Å². The van der Waals surface area contributed by atoms with Crippen LogP contribution >= 0.6 is 22.9 Å². The van der Waals surface area contributed by atoms with E-state index in [0.29, 0.717) is 32.1 Å². The van der Waals surface area contributed by atoms with Crippen molar-refractivity contribution in [2.45, 2.75) is 6.54 Å². The van der Waals surface area contributed by atoms with Crippen molar-refractivity contribution in [3.8, 4) is 0 Å². The van der Waals surface area contributed by atoms with Crippen molar-refractivity contribution >= 4 is 50.5 Å². The molecule has 0 bridgehead atoms. The number of ketones is 1. The minimum Gasteiger partial charge on any atom is -0.324 e. The number of thiazole rings is 1. The van der Waals surface area contributed by atoms with Gasteiger partial charge in [0, 0.05) is 21.8 Å². The van der Waals surface area contributed by atoms with E-state index in [1.54, 1.807) is 66.7 Å². The zero-order chi connectivity index (χ0) is 20.4. The molecule has 0 saturated carbocycles. The third kappa shape index (κ3) is 4.13. The molecule has 1 amide bonds. The van der Waals surface area contributed by atoms with Crippen LogP contribution in [0.3, 0.4) is 0 Å². The molecule has 1 N–H and O–H groups in total. The van der Waals surface area contributed by atoms with E-state index in [0.717, 1.165) is 11.3 Å². The highest BCUT2D eigenvalue weighted by Crippen LogP contribution is 2.21. The second-order valence-electron chi connectivity index (χ2n) is 6.39. The third-order valence-corrected chi connectivity index (χ3v) is 5.55. The molecule has 4 rings (SSSR count). The number of nitrogens with one attached hydrogen (secondary N) is 1. The highest BCUT2D eigenvalue weighted by Gasteiger charge is 2.15. The Morgan fingerprint density at radius 2 is 1.72 bits per heavy atom. The number of carbonyl (C=O) groups is 2. The number of hydrogen-bond donors (Lipinski definition) is 1. The van der Waals surface area contributed by atoms with Gasteiger partial charge in [0.1, 0.15) is 6.54 Å². The maximum atomic E-state index is 12.6. The van der Waals surface area contributed by atoms with Crippen molar-refractivity contribution < 1.29 is 9.59 Å². The fourth-order valence-electron chi connectivity index (χ4n) is 3.02. The topological polar surface area (TPSA) is 68.2 Å². The molecule has 0 radical (unpaired) electrons. The number of fused-ring (bicyclic) bond motifs is 1. The zero-order valence-corrected chi connectivity index (χ0v) is 16.7. The average molecular weight is 423 g/mol. The normalized spacial score (nSPS) is 10.8. The molecule has 144 valence electrons. The van der Waals surface area contributed by atoms with Crippen LogP contribution in [0, 0.1) is 0 Å². The molecule has 0 aliphatic heterocycles. The van der Waals surface area contributed by atoms with Gasteiger partial charge in [0.25, 0.3) is 0 Å². The molecule has 4 aromatic rings. The standard InChI is InChI=1S/C22H15ClN2O3S/c23-16-7-4-8-17(12-16)24-20(26)13-25-18-10-9-15(11-19(18)29-22(25)28)21(27)14-5-2-1-3-6-14/h1-12H,13H2,(H,24,26). The van der Waals surface area contributed by atoms with Crippen LogP contribution in [-0.2, 0) is 11.3 Å². The molecule has 1 heterocycles. The minimum atomic E-state index is -0.335. The number of benzene rings is 3. The van der Waals surface area contributed by atoms with Crippen LogP contribution in [0.5, 0.6) is 0 Å². The number of aromatic nitrogens is 1. The van der Waals surface area contributed by atoms with Gasteiger partial charge >= 0.3 is 4.87 Å². The zero-order valence-electron chi connectivity index (χ0n) is 15.1. The Morgan fingerprint density at radius 1 is 0.931 bits per heavy atom. The second kappa shape index (κ2) is 8.03. The van der Waals surface area contributed by atoms with Crippen LogP contribution in [0.1, 0.15) is 15.9 Å². The summed E-state index contributed by atoms with van der Waals surface area (Å²) < 4.78 is 2.06. The minimum absolute atomic E-state index is 0.112. The first-order valence-corrected chi connectivity index (χ1v) is 9.99. The lowest BCUT2D eigenvalue weighted by Crippen LogP contribution is -2.24. The third-order valence-electron chi connectivity index (χ3n) is 4.38. The summed E-state index contributed by atoms with van der Waals surface area (Å²) in [6, 6.07) is 20.8. The first-order chi connectivity index (χ1) is 14.0. The lowest BCUT2D eigenvalue weighted by molar-refractivity contribution is -0.116. The Labute approximate surface area is 175 Å². The summed E-state index contributed by atoms with van der Waals surface area (Å²) in [4.78, 5) is 37.2. The average Bonchev–Trinajstić information content (AvgIpc) is 3.02. The van der Waals surface area contributed by atoms with Gasteiger partial charge in [0.15, 0.2) is 5.78 Å². The van der Waals surface area contributed by atoms with Gasteiger partial charge in [-0.25, -0.2) is 0 Å². The largest absolute Gasteiger partial charge is 0.324 e. The van der Waals surface area contributed by atoms with Crippen molar-refractivity contribution in [2.24, 2.45) is 0 Å². The molecule has 1 aromatic heterocycles. The van der Waals surface area contributed by atoms with Crippen molar-refractivity contribution in [1.82, 2.24) is 4.57 Å². The van der Waals surface area contributed by atoms with Gasteiger partial charge in [-0.15, -0.1) is 0 Å². The first-order valence-electron chi connectivity index (χ1n) is 8.80. The molecular weight excluding hydrogens is 408 g/mol. The van der Waals surface area contributed by atoms with Crippen LogP contribution < -0.4 is 10.2 Å². The maximum absolute atomic E-state index is 12.6. The smallest absolute Gasteiger partial charge is 0.308 e. The summed E-state index contributed by atoms with van der Waals surface area (Å²) in [5.41, 5.74) is 2.26. The summed E-state index contributed by atoms with van der Waals surface area (Å²) in [7, 11) is 0. The number of anilines is 1. The highest BCUT2D eigenvalue weighted by atomic mass is 35.5. The highest BCUT2D eigenvalue weighted by molar-refractivity contribution is 7.16. The number of hydrogen-bond acceptors (Lipinski definition) is 4. The summed E-state index contributed by atoms with van der Waals surface area (Å²) in [5, 5.41) is 3.24. The van der Waals surface area contributed by atoms with Gasteiger partial charge in [-0.05, 0) is 36.4 Å². The Bertz CT molecular complexity index is 1280. The molecule has 5 nitrogen and oxygen atoms in total. The van der Waals surface area contributed by atoms with Gasteiger partial charge in [-0.1, -0.05) is 59.3 Å². The van der Waals surface area contributed by atoms with Crippen LogP contribution in [0.15, 0.2) is 77.6 Å². The predicted molar refractivity (Wildman–Crippen MR) is 116 cm³/mol. The van der Waals surface area contributed by atoms with E-state index in [2.05, 4.69) is 5.32 Å². The molecule has 0 spiro atoms. The Hall–Kier alpha value is -3.22. The molecular formula is C22H15ClN2O3S. The van der Waals surface area contributed by atoms with Gasteiger partial charge in [0.05, 0.1) is 10.2 Å². The van der Waals surface area contributed by atoms with Crippen molar-refractivity contribution in [3.05, 3.63) is 98.6 Å². The molecule has 0 atom stereocenters. The maximum Gasteiger partial charge on any atom is 0.308 e. The summed E-state index contributed by atoms with van der Waals surface area (Å²) in [6.07, 6.45) is 0. The van der Waals surface area contributed by atoms with Crippen LogP contribution in [-0.4, -0.2) is 16.3 Å². The summed E-state index contributed by atoms with van der Waals surface area (Å²) >= 11 is 6.94. The Morgan fingerprint density at radius 3 is 2.48 bits per heavy atom. The lowest BCUT2D eigenvalue weighted by atomic mass is 10.0. The molecule has 0 saturated heterocycles. The molecule has 0 fully saturated rings. The number of nitrogens with zero attached hydrogens (tertiary/aromatic N) is 1. The second-order valence-corrected chi connectivity index (χ2v) is 7.82. The van der Waals surface area contributed by atoms with Crippen LogP contribution in [0.25, 0.3) is 10.2 Å². The van der Waals surface area contributed by atoms with Crippen molar-refractivity contribution in [3.63, 3.8) is 0 Å². The van der Waals surface area contributed by atoms with Gasteiger partial charge < -0.3 is 5.32 Å². The molecule has 0 unspecified atom stereocenters. The lowest BCUT2D eigenvalue weighted by Gasteiger charge is -2.07. The number of carbonyl (C=O) groups excluding carboxylic acids is 2. The van der Waals surface area contributed by atoms with Gasteiger partial charge in [-0.3, -0.25) is 19.0 Å². The van der Waals surface area contributed by atoms with E-state index in [9.17, 15) is 14.4 Å². The van der Waals surface area contributed by atoms with E-state index in [1.807, 2.05) is 6.07 Å². The van der Waals surface area contributed by atoms with Crippen LogP contribution in [0.4, 0.5) is 5.69 Å². The van der Waals surface area contributed by atoms with Crippen LogP contribution in [0.2, 0.25) is 5.02 Å². The summed E-state index contributed by atoms with van der Waals surface area (Å²) in [5.74, 6) is -0.447. The predicted octanol–water partition coefficient (Wildman–Crippen LogP) is 4.59. The Balaban J connectivity index is 1.59. The molecule has 0 aliphatic carbocycles. The Kier molecular flexibility index (Phi) is 5.29. The SMILES string of the molecule is O=C(Cn1c(=O)sc2cc(C(=O)c3ccccc3)ccc21)Nc1cccc(Cl)c1. The quantitative estimate of drug-likeness (QED) is 0.478. The fourth-order valence-corrected chi connectivity index (χ4v) is 4.14. The monoisotopic (exact) mass is 422 g/mol. The van der Waals surface area contributed by atoms with Gasteiger partial charge in [-0.2, -0.15) is 0 Å². The van der Waals surface area contributed by atoms with E-state index in [4.69, 9.17) is 11.6 Å². The number of halogens is 1. The molecule has 29 heavy (non-hydrogen) atoms. The molecule has 0 aliphatic rings. The van der Waals surface area contributed by atoms with Crippen molar-refractivity contribution in [2.75, 3.05) is 5.32 Å². The van der Waals surface area contributed by atoms with Gasteiger partial charge in [0.2, 0.25) is 5.91 Å². The van der Waals surface area contributed by atoms with E-state index >= 15 is 0 Å². The molecule has 3 aromatic carbocycles. The first kappa shape index (κ1) is 19.1. The summed E-state index contributed by atoms with van der Waals surface area (Å²) in [6.45, 7) is -0.128. The molecule has 7 heteroatoms. The van der Waals surface area contributed by atoms with Crippen molar-refractivity contribution in [1.29, 1.82) is 0 Å².